The molecule has 0 radical (unpaired) electrons. The van der Waals surface area contributed by atoms with Crippen molar-refractivity contribution in [3.63, 3.8) is 0 Å². The van der Waals surface area contributed by atoms with E-state index in [0.717, 1.165) is 10.2 Å². The van der Waals surface area contributed by atoms with E-state index < -0.39 is 0 Å². The molecule has 0 fully saturated rings. The number of hydrogen-bond donors (Lipinski definition) is 1. The van der Waals surface area contributed by atoms with Crippen LogP contribution in [0.2, 0.25) is 0 Å². The van der Waals surface area contributed by atoms with Gasteiger partial charge in [0.05, 0.1) is 6.04 Å². The molecule has 0 aliphatic rings. The molecule has 1 unspecified atom stereocenters. The Hall–Kier alpha value is -1.32. The number of rotatable bonds is 3. The van der Waals surface area contributed by atoms with Gasteiger partial charge in [-0.15, -0.1) is 0 Å². The summed E-state index contributed by atoms with van der Waals surface area (Å²) >= 11 is 3.52. The fourth-order valence-corrected chi connectivity index (χ4v) is 2.61. The van der Waals surface area contributed by atoms with Crippen LogP contribution in [0.1, 0.15) is 17.2 Å². The summed E-state index contributed by atoms with van der Waals surface area (Å²) in [4.78, 5) is 2.19. The minimum absolute atomic E-state index is 0.214. The van der Waals surface area contributed by atoms with E-state index in [4.69, 9.17) is 5.73 Å². The van der Waals surface area contributed by atoms with Gasteiger partial charge in [0.25, 0.3) is 0 Å². The van der Waals surface area contributed by atoms with E-state index in [-0.39, 0.29) is 6.04 Å². The molecule has 2 N–H and O–H groups in total. The summed E-state index contributed by atoms with van der Waals surface area (Å²) in [6.45, 7) is 0. The summed E-state index contributed by atoms with van der Waals surface area (Å²) in [5.41, 5.74) is 9.13. The average Bonchev–Trinajstić information content (AvgIpc) is 2.28. The van der Waals surface area contributed by atoms with Gasteiger partial charge in [0.2, 0.25) is 0 Å². The van der Waals surface area contributed by atoms with Crippen LogP contribution in [0.4, 0.5) is 5.69 Å². The maximum Gasteiger partial charge on any atom is 0.0597 e. The summed E-state index contributed by atoms with van der Waals surface area (Å²) in [5, 5.41) is 0. The van der Waals surface area contributed by atoms with Gasteiger partial charge in [-0.3, -0.25) is 4.90 Å². The van der Waals surface area contributed by atoms with E-state index in [1.54, 1.807) is 0 Å². The Bertz CT molecular complexity index is 492. The molecule has 2 aromatic carbocycles. The minimum atomic E-state index is 0.214. The molecule has 18 heavy (non-hydrogen) atoms. The average molecular weight is 305 g/mol. The highest BCUT2D eigenvalue weighted by atomic mass is 79.9. The summed E-state index contributed by atoms with van der Waals surface area (Å²) in [5.74, 6) is 0. The molecule has 0 saturated heterocycles. The fourth-order valence-electron chi connectivity index (χ4n) is 2.19. The van der Waals surface area contributed by atoms with Gasteiger partial charge < -0.3 is 5.73 Å². The second kappa shape index (κ2) is 5.55. The lowest BCUT2D eigenvalue weighted by molar-refractivity contribution is 0.342. The van der Waals surface area contributed by atoms with Crippen molar-refractivity contribution in [1.82, 2.24) is 4.90 Å². The number of anilines is 1. The SMILES string of the molecule is CN(C)C(c1cccc(N)c1)c1cccc(Br)c1. The van der Waals surface area contributed by atoms with Crippen LogP contribution < -0.4 is 5.73 Å². The quantitative estimate of drug-likeness (QED) is 0.877. The van der Waals surface area contributed by atoms with Gasteiger partial charge in [-0.25, -0.2) is 0 Å². The second-order valence-corrected chi connectivity index (χ2v) is 5.51. The molecule has 3 heteroatoms. The van der Waals surface area contributed by atoms with Crippen LogP contribution in [-0.4, -0.2) is 19.0 Å². The van der Waals surface area contributed by atoms with Gasteiger partial charge in [-0.1, -0.05) is 40.2 Å². The lowest BCUT2D eigenvalue weighted by atomic mass is 9.97. The van der Waals surface area contributed by atoms with Crippen molar-refractivity contribution in [2.45, 2.75) is 6.04 Å². The predicted octanol–water partition coefficient (Wildman–Crippen LogP) is 3.68. The Labute approximate surface area is 117 Å². The van der Waals surface area contributed by atoms with E-state index >= 15 is 0 Å². The molecule has 0 spiro atoms. The molecule has 0 saturated carbocycles. The lowest BCUT2D eigenvalue weighted by Crippen LogP contribution is -2.21. The third-order valence-corrected chi connectivity index (χ3v) is 3.40. The fraction of sp³-hybridized carbons (Fsp3) is 0.200. The standard InChI is InChI=1S/C15H17BrN2/c1-18(2)15(11-5-3-7-13(16)9-11)12-6-4-8-14(17)10-12/h3-10,15H,17H2,1-2H3. The van der Waals surface area contributed by atoms with Gasteiger partial charge in [-0.05, 0) is 49.5 Å². The van der Waals surface area contributed by atoms with Crippen LogP contribution in [0.25, 0.3) is 0 Å². The molecule has 2 rings (SSSR count). The van der Waals surface area contributed by atoms with Crippen LogP contribution in [0, 0.1) is 0 Å². The first-order valence-corrected chi connectivity index (χ1v) is 6.64. The number of hydrogen-bond acceptors (Lipinski definition) is 2. The van der Waals surface area contributed by atoms with E-state index in [1.165, 1.54) is 11.1 Å². The second-order valence-electron chi connectivity index (χ2n) is 4.59. The van der Waals surface area contributed by atoms with E-state index in [2.05, 4.69) is 59.2 Å². The molecular weight excluding hydrogens is 288 g/mol. The molecule has 0 amide bonds. The van der Waals surface area contributed by atoms with E-state index in [1.807, 2.05) is 24.3 Å². The Morgan fingerprint density at radius 1 is 1.00 bits per heavy atom. The van der Waals surface area contributed by atoms with Crippen LogP contribution in [-0.2, 0) is 0 Å². The zero-order valence-electron chi connectivity index (χ0n) is 10.6. The van der Waals surface area contributed by atoms with Gasteiger partial charge in [0, 0.05) is 10.2 Å². The normalized spacial score (nSPS) is 12.7. The van der Waals surface area contributed by atoms with Crippen LogP contribution in [0.15, 0.2) is 53.0 Å². The maximum absolute atomic E-state index is 5.88. The molecule has 0 heterocycles. The van der Waals surface area contributed by atoms with Crippen molar-refractivity contribution in [3.05, 3.63) is 64.1 Å². The molecule has 94 valence electrons. The largest absolute Gasteiger partial charge is 0.399 e. The Kier molecular flexibility index (Phi) is 4.04. The van der Waals surface area contributed by atoms with Crippen LogP contribution >= 0.6 is 15.9 Å². The van der Waals surface area contributed by atoms with Gasteiger partial charge in [0.1, 0.15) is 0 Å². The van der Waals surface area contributed by atoms with Crippen molar-refractivity contribution in [1.29, 1.82) is 0 Å². The molecule has 0 aliphatic carbocycles. The Balaban J connectivity index is 2.46. The predicted molar refractivity (Wildman–Crippen MR) is 80.5 cm³/mol. The molecule has 1 atom stereocenters. The van der Waals surface area contributed by atoms with Crippen molar-refractivity contribution in [2.24, 2.45) is 0 Å². The highest BCUT2D eigenvalue weighted by Gasteiger charge is 2.16. The van der Waals surface area contributed by atoms with Crippen molar-refractivity contribution in [2.75, 3.05) is 19.8 Å². The van der Waals surface area contributed by atoms with Crippen molar-refractivity contribution in [3.8, 4) is 0 Å². The number of halogens is 1. The Morgan fingerprint density at radius 3 is 2.17 bits per heavy atom. The smallest absolute Gasteiger partial charge is 0.0597 e. The number of nitrogens with two attached hydrogens (primary N) is 1. The summed E-state index contributed by atoms with van der Waals surface area (Å²) in [7, 11) is 4.16. The van der Waals surface area contributed by atoms with Crippen LogP contribution in [0.3, 0.4) is 0 Å². The summed E-state index contributed by atoms with van der Waals surface area (Å²) < 4.78 is 1.09. The molecule has 0 aromatic heterocycles. The van der Waals surface area contributed by atoms with Crippen molar-refractivity contribution >= 4 is 21.6 Å². The van der Waals surface area contributed by atoms with Gasteiger partial charge in [0.15, 0.2) is 0 Å². The van der Waals surface area contributed by atoms with E-state index in [0.29, 0.717) is 0 Å². The van der Waals surface area contributed by atoms with E-state index in [9.17, 15) is 0 Å². The minimum Gasteiger partial charge on any atom is -0.399 e. The first-order chi connectivity index (χ1) is 8.58. The van der Waals surface area contributed by atoms with Gasteiger partial charge in [-0.2, -0.15) is 0 Å². The molecule has 0 bridgehead atoms. The topological polar surface area (TPSA) is 29.3 Å². The summed E-state index contributed by atoms with van der Waals surface area (Å²) in [6, 6.07) is 16.7. The summed E-state index contributed by atoms with van der Waals surface area (Å²) in [6.07, 6.45) is 0. The lowest BCUT2D eigenvalue weighted by Gasteiger charge is -2.25. The number of nitrogen functional groups attached to an aromatic ring is 1. The third kappa shape index (κ3) is 2.92. The number of nitrogens with zero attached hydrogens (tertiary/aromatic N) is 1. The Morgan fingerprint density at radius 2 is 1.61 bits per heavy atom. The first kappa shape index (κ1) is 13.1. The highest BCUT2D eigenvalue weighted by molar-refractivity contribution is 9.10. The monoisotopic (exact) mass is 304 g/mol. The zero-order chi connectivity index (χ0) is 13.1. The first-order valence-electron chi connectivity index (χ1n) is 5.85. The highest BCUT2D eigenvalue weighted by Crippen LogP contribution is 2.29. The maximum atomic E-state index is 5.88. The molecule has 0 aliphatic heterocycles. The zero-order valence-corrected chi connectivity index (χ0v) is 12.2. The third-order valence-electron chi connectivity index (χ3n) is 2.91. The molecular formula is C15H17BrN2. The van der Waals surface area contributed by atoms with Crippen LogP contribution in [0.5, 0.6) is 0 Å². The molecule has 2 aromatic rings. The van der Waals surface area contributed by atoms with Gasteiger partial charge >= 0.3 is 0 Å². The molecule has 2 nitrogen and oxygen atoms in total. The van der Waals surface area contributed by atoms with Crippen molar-refractivity contribution < 1.29 is 0 Å². The number of benzene rings is 2.